The minimum atomic E-state index is -0.943. The third-order valence-electron chi connectivity index (χ3n) is 7.22. The second-order valence-electron chi connectivity index (χ2n) is 10.1. The molecule has 1 aliphatic heterocycles. The molecule has 0 spiro atoms. The zero-order valence-electron chi connectivity index (χ0n) is 23.7. The molecule has 1 unspecified atom stereocenters. The number of ether oxygens (including phenoxy) is 1. The highest BCUT2D eigenvalue weighted by Crippen LogP contribution is 2.44. The van der Waals surface area contributed by atoms with Crippen molar-refractivity contribution < 1.29 is 19.4 Å². The van der Waals surface area contributed by atoms with Gasteiger partial charge in [0.2, 0.25) is 5.13 Å². The molecular weight excluding hydrogens is 651 g/mol. The Morgan fingerprint density at radius 3 is 2.47 bits per heavy atom. The summed E-state index contributed by atoms with van der Waals surface area (Å²) in [7, 11) is 0. The quantitative estimate of drug-likeness (QED) is 0.0550. The highest BCUT2D eigenvalue weighted by Gasteiger charge is 2.48. The highest BCUT2D eigenvalue weighted by atomic mass is 35.5. The predicted molar refractivity (Wildman–Crippen MR) is 177 cm³/mol. The van der Waals surface area contributed by atoms with Crippen LogP contribution in [0, 0.1) is 6.92 Å². The second kappa shape index (κ2) is 13.4. The molecule has 45 heavy (non-hydrogen) atoms. The molecule has 3 heterocycles. The van der Waals surface area contributed by atoms with Crippen LogP contribution in [0.3, 0.4) is 0 Å². The monoisotopic (exact) mass is 674 g/mol. The van der Waals surface area contributed by atoms with Crippen molar-refractivity contribution in [2.75, 3.05) is 4.90 Å². The van der Waals surface area contributed by atoms with Crippen molar-refractivity contribution in [3.8, 4) is 5.75 Å². The van der Waals surface area contributed by atoms with E-state index in [2.05, 4.69) is 15.2 Å². The molecule has 6 rings (SSSR count). The number of aromatic nitrogens is 3. The Morgan fingerprint density at radius 2 is 1.73 bits per heavy atom. The molecule has 1 fully saturated rings. The zero-order chi connectivity index (χ0) is 31.5. The summed E-state index contributed by atoms with van der Waals surface area (Å²) in [4.78, 5) is 32.4. The molecule has 1 N–H and O–H groups in total. The van der Waals surface area contributed by atoms with Gasteiger partial charge in [0.15, 0.2) is 4.34 Å². The fourth-order valence-corrected chi connectivity index (χ4v) is 7.25. The van der Waals surface area contributed by atoms with Crippen LogP contribution < -0.4 is 9.64 Å². The number of ketones is 1. The van der Waals surface area contributed by atoms with Crippen molar-refractivity contribution >= 4 is 68.9 Å². The number of anilines is 1. The van der Waals surface area contributed by atoms with E-state index in [9.17, 15) is 14.7 Å². The van der Waals surface area contributed by atoms with E-state index in [4.69, 9.17) is 27.9 Å². The first-order valence-corrected chi connectivity index (χ1v) is 16.2. The number of aliphatic hydroxyl groups is 1. The van der Waals surface area contributed by atoms with E-state index in [1.165, 1.54) is 28.0 Å². The van der Waals surface area contributed by atoms with Gasteiger partial charge in [-0.05, 0) is 77.7 Å². The molecule has 0 bridgehead atoms. The lowest BCUT2D eigenvalue weighted by molar-refractivity contribution is -0.132. The van der Waals surface area contributed by atoms with Crippen molar-refractivity contribution in [3.05, 3.63) is 135 Å². The number of carbonyl (C=O) groups excluding carboxylic acids is 2. The van der Waals surface area contributed by atoms with Crippen LogP contribution in [0.2, 0.25) is 10.0 Å². The molecule has 226 valence electrons. The molecule has 3 aromatic carbocycles. The van der Waals surface area contributed by atoms with Crippen molar-refractivity contribution in [1.82, 2.24) is 15.2 Å². The van der Waals surface area contributed by atoms with Crippen LogP contribution in [0.5, 0.6) is 5.75 Å². The van der Waals surface area contributed by atoms with Crippen molar-refractivity contribution in [2.24, 2.45) is 0 Å². The van der Waals surface area contributed by atoms with Gasteiger partial charge in [0.1, 0.15) is 18.1 Å². The normalized spacial score (nSPS) is 15.9. The molecule has 0 radical (unpaired) electrons. The summed E-state index contributed by atoms with van der Waals surface area (Å²) >= 11 is 14.9. The second-order valence-corrected chi connectivity index (χ2v) is 13.1. The van der Waals surface area contributed by atoms with E-state index in [0.717, 1.165) is 16.7 Å². The summed E-state index contributed by atoms with van der Waals surface area (Å²) < 4.78 is 6.51. The van der Waals surface area contributed by atoms with Gasteiger partial charge >= 0.3 is 5.91 Å². The predicted octanol–water partition coefficient (Wildman–Crippen LogP) is 8.05. The number of aliphatic hydroxyl groups excluding tert-OH is 1. The summed E-state index contributed by atoms with van der Waals surface area (Å²) in [6, 6.07) is 22.4. The van der Waals surface area contributed by atoms with Gasteiger partial charge < -0.3 is 9.84 Å². The largest absolute Gasteiger partial charge is 0.507 e. The van der Waals surface area contributed by atoms with Crippen LogP contribution in [0.4, 0.5) is 5.13 Å². The molecule has 0 aliphatic carbocycles. The third kappa shape index (κ3) is 6.60. The minimum absolute atomic E-state index is 0.0582. The van der Waals surface area contributed by atoms with Crippen LogP contribution >= 0.6 is 46.3 Å². The number of halogens is 2. The number of amides is 1. The van der Waals surface area contributed by atoms with Crippen LogP contribution in [0.15, 0.2) is 101 Å². The lowest BCUT2D eigenvalue weighted by atomic mass is 9.96. The maximum Gasteiger partial charge on any atom is 0.301 e. The molecule has 12 heteroatoms. The molecule has 1 atom stereocenters. The number of rotatable bonds is 9. The van der Waals surface area contributed by atoms with E-state index in [-0.39, 0.29) is 16.5 Å². The van der Waals surface area contributed by atoms with Gasteiger partial charge in [-0.15, -0.1) is 10.2 Å². The molecule has 5 aromatic rings. The summed E-state index contributed by atoms with van der Waals surface area (Å²) in [6.07, 6.45) is 3.13. The lowest BCUT2D eigenvalue weighted by Gasteiger charge is -2.22. The van der Waals surface area contributed by atoms with Gasteiger partial charge in [-0.3, -0.25) is 19.5 Å². The zero-order valence-corrected chi connectivity index (χ0v) is 26.8. The fourth-order valence-electron chi connectivity index (χ4n) is 4.83. The van der Waals surface area contributed by atoms with E-state index < -0.39 is 17.7 Å². The number of aryl methyl sites for hydroxylation is 1. The summed E-state index contributed by atoms with van der Waals surface area (Å²) in [6.45, 7) is 2.41. The maximum atomic E-state index is 13.5. The van der Waals surface area contributed by atoms with Crippen LogP contribution in [-0.2, 0) is 21.9 Å². The van der Waals surface area contributed by atoms with E-state index in [1.807, 2.05) is 37.3 Å². The Kier molecular flexibility index (Phi) is 9.18. The average molecular weight is 676 g/mol. The van der Waals surface area contributed by atoms with Gasteiger partial charge in [0.05, 0.1) is 11.6 Å². The molecule has 1 amide bonds. The first kappa shape index (κ1) is 30.8. The lowest BCUT2D eigenvalue weighted by Crippen LogP contribution is -2.29. The van der Waals surface area contributed by atoms with Gasteiger partial charge in [-0.1, -0.05) is 76.6 Å². The molecule has 8 nitrogen and oxygen atoms in total. The Hall–Kier alpha value is -4.22. The number of hydrogen-bond acceptors (Lipinski definition) is 9. The highest BCUT2D eigenvalue weighted by molar-refractivity contribution is 8.00. The van der Waals surface area contributed by atoms with Crippen molar-refractivity contribution in [1.29, 1.82) is 0 Å². The van der Waals surface area contributed by atoms with Gasteiger partial charge in [0, 0.05) is 33.8 Å². The minimum Gasteiger partial charge on any atom is -0.507 e. The SMILES string of the molecule is Cc1ccccc1COc1ccc(/C(O)=C2\C(=O)C(=O)N(c3nnc(SCc4ccc(Cl)cc4Cl)s3)C2c2ccncc2)cc1. The van der Waals surface area contributed by atoms with E-state index in [1.54, 1.807) is 60.9 Å². The number of benzene rings is 3. The van der Waals surface area contributed by atoms with E-state index in [0.29, 0.717) is 43.6 Å². The van der Waals surface area contributed by atoms with Gasteiger partial charge in [-0.2, -0.15) is 0 Å². The summed E-state index contributed by atoms with van der Waals surface area (Å²) in [5.41, 5.74) is 3.95. The van der Waals surface area contributed by atoms with Gasteiger partial charge in [-0.25, -0.2) is 0 Å². The Balaban J connectivity index is 1.28. The van der Waals surface area contributed by atoms with Crippen LogP contribution in [0.25, 0.3) is 5.76 Å². The van der Waals surface area contributed by atoms with Gasteiger partial charge in [0.25, 0.3) is 5.78 Å². The number of carbonyl (C=O) groups is 2. The number of nitrogens with zero attached hydrogens (tertiary/aromatic N) is 4. The van der Waals surface area contributed by atoms with Crippen molar-refractivity contribution in [3.63, 3.8) is 0 Å². The summed E-state index contributed by atoms with van der Waals surface area (Å²) in [5.74, 6) is -0.849. The number of Topliss-reactive ketones (excluding diaryl/α,β-unsaturated/α-hetero) is 1. The Morgan fingerprint density at radius 1 is 0.978 bits per heavy atom. The maximum absolute atomic E-state index is 13.5. The van der Waals surface area contributed by atoms with Crippen LogP contribution in [-0.4, -0.2) is 32.0 Å². The molecule has 0 saturated carbocycles. The first-order valence-electron chi connectivity index (χ1n) is 13.7. The molecular formula is C33H24Cl2N4O4S2. The summed E-state index contributed by atoms with van der Waals surface area (Å²) in [5, 5.41) is 21.3. The molecule has 1 saturated heterocycles. The Labute approximate surface area is 277 Å². The fraction of sp³-hybridized carbons (Fsp3) is 0.121. The van der Waals surface area contributed by atoms with Crippen LogP contribution in [0.1, 0.15) is 33.9 Å². The topological polar surface area (TPSA) is 106 Å². The van der Waals surface area contributed by atoms with Crippen molar-refractivity contribution in [2.45, 2.75) is 29.7 Å². The Bertz CT molecular complexity index is 1920. The standard InChI is InChI=1S/C33H24Cl2N4O4S2/c1-19-4-2-3-5-22(19)17-43-25-10-7-21(8-11-25)29(40)27-28(20-12-14-36-15-13-20)39(31(42)30(27)41)32-37-38-33(45-32)44-18-23-6-9-24(34)16-26(23)35/h2-16,28,40H,17-18H2,1H3/b29-27+. The smallest absolute Gasteiger partial charge is 0.301 e. The number of thioether (sulfide) groups is 1. The molecule has 2 aromatic heterocycles. The van der Waals surface area contributed by atoms with E-state index >= 15 is 0 Å². The number of pyridine rings is 1. The third-order valence-corrected chi connectivity index (χ3v) is 9.91. The average Bonchev–Trinajstić information content (AvgIpc) is 3.62. The number of hydrogen-bond donors (Lipinski definition) is 1. The first-order chi connectivity index (χ1) is 21.8. The molecule has 1 aliphatic rings.